The summed E-state index contributed by atoms with van der Waals surface area (Å²) >= 11 is 0. The van der Waals surface area contributed by atoms with Gasteiger partial charge in [-0.15, -0.1) is 0 Å². The second-order valence-corrected chi connectivity index (χ2v) is 6.96. The molecule has 2 aliphatic carbocycles. The minimum absolute atomic E-state index is 0.311. The first kappa shape index (κ1) is 12.8. The largest absolute Gasteiger partial charge is 0.489 e. The molecule has 1 heteroatoms. The minimum Gasteiger partial charge on any atom is -0.489 e. The first-order valence-electron chi connectivity index (χ1n) is 7.37. The van der Waals surface area contributed by atoms with Crippen molar-refractivity contribution in [2.75, 3.05) is 0 Å². The zero-order valence-electron chi connectivity index (χ0n) is 12.3. The second-order valence-electron chi connectivity index (χ2n) is 6.96. The third kappa shape index (κ3) is 1.67. The van der Waals surface area contributed by atoms with E-state index >= 15 is 0 Å². The van der Waals surface area contributed by atoms with Crippen LogP contribution in [0.25, 0.3) is 6.08 Å². The first-order valence-corrected chi connectivity index (χ1v) is 7.37. The highest BCUT2D eigenvalue weighted by Crippen LogP contribution is 2.66. The highest BCUT2D eigenvalue weighted by atomic mass is 16.5. The van der Waals surface area contributed by atoms with Crippen LogP contribution >= 0.6 is 0 Å². The van der Waals surface area contributed by atoms with Crippen molar-refractivity contribution in [1.82, 2.24) is 0 Å². The van der Waals surface area contributed by atoms with Gasteiger partial charge in [0.15, 0.2) is 0 Å². The Morgan fingerprint density at radius 2 is 2.00 bits per heavy atom. The summed E-state index contributed by atoms with van der Waals surface area (Å²) in [7, 11) is 0. The molecule has 0 spiro atoms. The van der Waals surface area contributed by atoms with Gasteiger partial charge in [-0.05, 0) is 36.7 Å². The lowest BCUT2D eigenvalue weighted by Gasteiger charge is -2.39. The number of hydrogen-bond donors (Lipinski definition) is 0. The number of hydrogen-bond acceptors (Lipinski definition) is 1. The van der Waals surface area contributed by atoms with Crippen LogP contribution < -0.4 is 4.74 Å². The van der Waals surface area contributed by atoms with Crippen LogP contribution in [0.4, 0.5) is 0 Å². The summed E-state index contributed by atoms with van der Waals surface area (Å²) in [6, 6.07) is 8.22. The average Bonchev–Trinajstić information content (AvgIpc) is 2.72. The quantitative estimate of drug-likeness (QED) is 0.745. The van der Waals surface area contributed by atoms with Crippen molar-refractivity contribution >= 4 is 6.08 Å². The van der Waals surface area contributed by atoms with E-state index in [4.69, 9.17) is 4.74 Å². The molecule has 2 saturated carbocycles. The Hall–Kier alpha value is -1.24. The molecule has 3 rings (SSSR count). The molecular weight excluding hydrogens is 232 g/mol. The SMILES string of the molecule is C=Cc1ccccc1OC1CC2CCC1(C)C2(C)C. The fraction of sp³-hybridized carbons (Fsp3) is 0.556. The third-order valence-corrected chi connectivity index (χ3v) is 6.12. The van der Waals surface area contributed by atoms with Gasteiger partial charge in [0.25, 0.3) is 0 Å². The summed E-state index contributed by atoms with van der Waals surface area (Å²) in [6.45, 7) is 11.1. The molecule has 3 atom stereocenters. The van der Waals surface area contributed by atoms with Crippen LogP contribution in [-0.2, 0) is 0 Å². The second kappa shape index (κ2) is 4.13. The molecule has 19 heavy (non-hydrogen) atoms. The van der Waals surface area contributed by atoms with E-state index in [9.17, 15) is 0 Å². The molecule has 0 heterocycles. The van der Waals surface area contributed by atoms with Crippen molar-refractivity contribution in [3.05, 3.63) is 36.4 Å². The van der Waals surface area contributed by atoms with E-state index < -0.39 is 0 Å². The fourth-order valence-corrected chi connectivity index (χ4v) is 4.22. The zero-order valence-corrected chi connectivity index (χ0v) is 12.3. The van der Waals surface area contributed by atoms with Crippen LogP contribution in [0.15, 0.2) is 30.8 Å². The normalized spacial score (nSPS) is 35.3. The van der Waals surface area contributed by atoms with Gasteiger partial charge < -0.3 is 4.74 Å². The Labute approximate surface area is 116 Å². The van der Waals surface area contributed by atoms with E-state index in [1.165, 1.54) is 19.3 Å². The maximum Gasteiger partial charge on any atom is 0.126 e. The van der Waals surface area contributed by atoms with Crippen molar-refractivity contribution in [1.29, 1.82) is 0 Å². The van der Waals surface area contributed by atoms with Crippen LogP contribution in [0.5, 0.6) is 5.75 Å². The van der Waals surface area contributed by atoms with Crippen molar-refractivity contribution in [3.63, 3.8) is 0 Å². The molecule has 1 aromatic carbocycles. The molecule has 0 aromatic heterocycles. The Balaban J connectivity index is 1.88. The zero-order chi connectivity index (χ0) is 13.7. The van der Waals surface area contributed by atoms with Crippen LogP contribution in [0, 0.1) is 16.7 Å². The molecule has 3 unspecified atom stereocenters. The number of rotatable bonds is 3. The highest BCUT2D eigenvalue weighted by Gasteiger charge is 2.62. The number of benzene rings is 1. The lowest BCUT2D eigenvalue weighted by atomic mass is 9.70. The maximum absolute atomic E-state index is 6.40. The third-order valence-electron chi connectivity index (χ3n) is 6.12. The maximum atomic E-state index is 6.40. The lowest BCUT2D eigenvalue weighted by molar-refractivity contribution is 0.0300. The molecule has 1 aromatic rings. The van der Waals surface area contributed by atoms with Gasteiger partial charge in [0.2, 0.25) is 0 Å². The molecule has 2 fully saturated rings. The Bertz CT molecular complexity index is 502. The van der Waals surface area contributed by atoms with E-state index in [-0.39, 0.29) is 0 Å². The highest BCUT2D eigenvalue weighted by molar-refractivity contribution is 5.55. The molecule has 0 radical (unpaired) electrons. The van der Waals surface area contributed by atoms with E-state index in [1.54, 1.807) is 0 Å². The van der Waals surface area contributed by atoms with Crippen LogP contribution in [0.1, 0.15) is 45.6 Å². The van der Waals surface area contributed by atoms with E-state index in [1.807, 2.05) is 18.2 Å². The van der Waals surface area contributed by atoms with Gasteiger partial charge >= 0.3 is 0 Å². The number of fused-ring (bicyclic) bond motifs is 2. The molecule has 0 amide bonds. The summed E-state index contributed by atoms with van der Waals surface area (Å²) < 4.78 is 6.40. The smallest absolute Gasteiger partial charge is 0.126 e. The predicted molar refractivity (Wildman–Crippen MR) is 80.2 cm³/mol. The summed E-state index contributed by atoms with van der Waals surface area (Å²) in [5.74, 6) is 1.81. The van der Waals surface area contributed by atoms with Gasteiger partial charge in [-0.25, -0.2) is 0 Å². The topological polar surface area (TPSA) is 9.23 Å². The molecule has 0 saturated heterocycles. The molecule has 0 aliphatic heterocycles. The van der Waals surface area contributed by atoms with Crippen LogP contribution in [0.3, 0.4) is 0 Å². The van der Waals surface area contributed by atoms with Crippen molar-refractivity contribution < 1.29 is 4.74 Å². The first-order chi connectivity index (χ1) is 8.99. The van der Waals surface area contributed by atoms with Crippen molar-refractivity contribution in [3.8, 4) is 5.75 Å². The van der Waals surface area contributed by atoms with Gasteiger partial charge in [-0.3, -0.25) is 0 Å². The molecule has 102 valence electrons. The van der Waals surface area contributed by atoms with Gasteiger partial charge in [0.1, 0.15) is 11.9 Å². The van der Waals surface area contributed by atoms with Gasteiger partial charge in [-0.2, -0.15) is 0 Å². The molecule has 2 bridgehead atoms. The van der Waals surface area contributed by atoms with Crippen LogP contribution in [-0.4, -0.2) is 6.10 Å². The van der Waals surface area contributed by atoms with Gasteiger partial charge in [0, 0.05) is 11.0 Å². The number of para-hydroxylation sites is 1. The van der Waals surface area contributed by atoms with Crippen molar-refractivity contribution in [2.24, 2.45) is 16.7 Å². The standard InChI is InChI=1S/C18H24O/c1-5-13-8-6-7-9-15(13)19-16-12-14-10-11-18(16,4)17(14,2)3/h5-9,14,16H,1,10-12H2,2-4H3. The lowest BCUT2D eigenvalue weighted by Crippen LogP contribution is -2.39. The molecule has 0 N–H and O–H groups in total. The predicted octanol–water partition coefficient (Wildman–Crippen LogP) is 4.92. The van der Waals surface area contributed by atoms with Crippen LogP contribution in [0.2, 0.25) is 0 Å². The van der Waals surface area contributed by atoms with E-state index in [0.717, 1.165) is 17.2 Å². The monoisotopic (exact) mass is 256 g/mol. The Morgan fingerprint density at radius 1 is 1.26 bits per heavy atom. The fourth-order valence-electron chi connectivity index (χ4n) is 4.22. The molecular formula is C18H24O. The summed E-state index contributed by atoms with van der Waals surface area (Å²) in [5.41, 5.74) is 1.82. The van der Waals surface area contributed by atoms with E-state index in [0.29, 0.717) is 16.9 Å². The minimum atomic E-state index is 0.311. The van der Waals surface area contributed by atoms with Gasteiger partial charge in [-0.1, -0.05) is 51.6 Å². The number of ether oxygens (including phenoxy) is 1. The van der Waals surface area contributed by atoms with E-state index in [2.05, 4.69) is 39.5 Å². The molecule has 1 nitrogen and oxygen atoms in total. The Morgan fingerprint density at radius 3 is 2.58 bits per heavy atom. The Kier molecular flexibility index (Phi) is 2.78. The summed E-state index contributed by atoms with van der Waals surface area (Å²) in [4.78, 5) is 0. The summed E-state index contributed by atoms with van der Waals surface area (Å²) in [5, 5.41) is 0. The summed E-state index contributed by atoms with van der Waals surface area (Å²) in [6.07, 6.45) is 6.10. The van der Waals surface area contributed by atoms with Crippen molar-refractivity contribution in [2.45, 2.75) is 46.1 Å². The average molecular weight is 256 g/mol. The van der Waals surface area contributed by atoms with Gasteiger partial charge in [0.05, 0.1) is 0 Å². The molecule has 2 aliphatic rings.